The van der Waals surface area contributed by atoms with E-state index in [0.29, 0.717) is 16.5 Å². The lowest BCUT2D eigenvalue weighted by molar-refractivity contribution is 0.785. The van der Waals surface area contributed by atoms with Crippen LogP contribution in [0.1, 0.15) is 18.3 Å². The van der Waals surface area contributed by atoms with E-state index in [0.717, 1.165) is 21.5 Å². The van der Waals surface area contributed by atoms with Crippen LogP contribution in [0.25, 0.3) is 5.69 Å². The van der Waals surface area contributed by atoms with Crippen LogP contribution in [0.4, 0.5) is 5.69 Å². The first-order valence-corrected chi connectivity index (χ1v) is 9.09. The molecule has 2 aromatic carbocycles. The van der Waals surface area contributed by atoms with E-state index in [9.17, 15) is 0 Å². The third-order valence-corrected chi connectivity index (χ3v) is 4.39. The summed E-state index contributed by atoms with van der Waals surface area (Å²) in [5.74, 6) is 0. The van der Waals surface area contributed by atoms with E-state index in [4.69, 9.17) is 12.2 Å². The van der Waals surface area contributed by atoms with Gasteiger partial charge in [0.1, 0.15) is 5.69 Å². The maximum Gasteiger partial charge on any atom is 0.191 e. The third kappa shape index (κ3) is 4.33. The largest absolute Gasteiger partial charge is 0.331 e. The second-order valence-electron chi connectivity index (χ2n) is 5.54. The van der Waals surface area contributed by atoms with Gasteiger partial charge in [0.05, 0.1) is 17.1 Å². The molecule has 0 unspecified atom stereocenters. The van der Waals surface area contributed by atoms with Crippen molar-refractivity contribution in [2.75, 3.05) is 5.32 Å². The number of rotatable bonds is 4. The van der Waals surface area contributed by atoms with E-state index < -0.39 is 0 Å². The van der Waals surface area contributed by atoms with Gasteiger partial charge in [-0.3, -0.25) is 5.43 Å². The Morgan fingerprint density at radius 1 is 1.12 bits per heavy atom. The van der Waals surface area contributed by atoms with E-state index >= 15 is 0 Å². The van der Waals surface area contributed by atoms with Gasteiger partial charge < -0.3 is 5.32 Å². The molecular formula is C18H17BrN6S. The van der Waals surface area contributed by atoms with Gasteiger partial charge in [0.25, 0.3) is 0 Å². The third-order valence-electron chi connectivity index (χ3n) is 3.67. The minimum absolute atomic E-state index is 0.411. The molecule has 2 N–H and O–H groups in total. The van der Waals surface area contributed by atoms with Crippen molar-refractivity contribution < 1.29 is 0 Å². The van der Waals surface area contributed by atoms with Crippen LogP contribution in [0.2, 0.25) is 0 Å². The van der Waals surface area contributed by atoms with Crippen molar-refractivity contribution in [3.63, 3.8) is 0 Å². The molecule has 1 aromatic heterocycles. The van der Waals surface area contributed by atoms with E-state index in [1.807, 2.05) is 68.4 Å². The van der Waals surface area contributed by atoms with Gasteiger partial charge in [-0.05, 0) is 62.5 Å². The first kappa shape index (κ1) is 18.2. The smallest absolute Gasteiger partial charge is 0.191 e. The van der Waals surface area contributed by atoms with Crippen molar-refractivity contribution >= 4 is 44.7 Å². The summed E-state index contributed by atoms with van der Waals surface area (Å²) in [6.45, 7) is 3.82. The van der Waals surface area contributed by atoms with Gasteiger partial charge in [0.2, 0.25) is 0 Å². The minimum atomic E-state index is 0.411. The summed E-state index contributed by atoms with van der Waals surface area (Å²) in [5.41, 5.74) is 6.98. The molecule has 3 rings (SSSR count). The molecule has 0 saturated heterocycles. The average molecular weight is 429 g/mol. The Kier molecular flexibility index (Phi) is 5.75. The van der Waals surface area contributed by atoms with Gasteiger partial charge in [-0.15, -0.1) is 5.10 Å². The summed E-state index contributed by atoms with van der Waals surface area (Å²) in [5, 5.41) is 16.3. The lowest BCUT2D eigenvalue weighted by Gasteiger charge is -2.07. The summed E-state index contributed by atoms with van der Waals surface area (Å²) < 4.78 is 2.79. The molecule has 0 bridgehead atoms. The van der Waals surface area contributed by atoms with Crippen molar-refractivity contribution in [2.45, 2.75) is 13.8 Å². The molecule has 0 fully saturated rings. The summed E-state index contributed by atoms with van der Waals surface area (Å²) in [6.07, 6.45) is 0. The number of nitrogens with one attached hydrogen (secondary N) is 2. The van der Waals surface area contributed by atoms with E-state index in [1.165, 1.54) is 0 Å². The summed E-state index contributed by atoms with van der Waals surface area (Å²) in [4.78, 5) is 0. The maximum absolute atomic E-state index is 5.26. The highest BCUT2D eigenvalue weighted by Crippen LogP contribution is 2.16. The molecule has 0 amide bonds. The maximum atomic E-state index is 5.26. The second-order valence-corrected chi connectivity index (χ2v) is 6.86. The standard InChI is InChI=1S/C18H17BrN6S/c1-12(21-23-18(26)20-15-6-4-3-5-7-15)17-13(2)25(24-22-17)16-10-8-14(19)9-11-16/h3-11H,1-2H3,(H2,20,23,26)/b21-12+. The van der Waals surface area contributed by atoms with Crippen molar-refractivity contribution in [2.24, 2.45) is 5.10 Å². The number of aromatic nitrogens is 3. The molecular weight excluding hydrogens is 412 g/mol. The molecule has 26 heavy (non-hydrogen) atoms. The number of hydrazone groups is 1. The van der Waals surface area contributed by atoms with Crippen molar-refractivity contribution in [1.29, 1.82) is 0 Å². The fraction of sp³-hybridized carbons (Fsp3) is 0.111. The fourth-order valence-electron chi connectivity index (χ4n) is 2.36. The highest BCUT2D eigenvalue weighted by molar-refractivity contribution is 9.10. The highest BCUT2D eigenvalue weighted by Gasteiger charge is 2.13. The molecule has 0 spiro atoms. The Balaban J connectivity index is 1.71. The SMILES string of the molecule is C/C(=N\NC(=S)Nc1ccccc1)c1nnn(-c2ccc(Br)cc2)c1C. The fourth-order valence-corrected chi connectivity index (χ4v) is 2.79. The molecule has 8 heteroatoms. The number of anilines is 1. The number of nitrogens with zero attached hydrogens (tertiary/aromatic N) is 4. The Bertz CT molecular complexity index is 934. The lowest BCUT2D eigenvalue weighted by Crippen LogP contribution is -2.25. The Labute approximate surface area is 165 Å². The monoisotopic (exact) mass is 428 g/mol. The van der Waals surface area contributed by atoms with Gasteiger partial charge in [0.15, 0.2) is 5.11 Å². The van der Waals surface area contributed by atoms with Crippen LogP contribution >= 0.6 is 28.1 Å². The topological polar surface area (TPSA) is 67.1 Å². The van der Waals surface area contributed by atoms with Crippen LogP contribution in [-0.4, -0.2) is 25.8 Å². The normalized spacial score (nSPS) is 11.3. The van der Waals surface area contributed by atoms with Crippen molar-refractivity contribution in [3.05, 3.63) is 70.5 Å². The summed E-state index contributed by atoms with van der Waals surface area (Å²) in [6, 6.07) is 17.5. The van der Waals surface area contributed by atoms with E-state index in [-0.39, 0.29) is 0 Å². The van der Waals surface area contributed by atoms with Gasteiger partial charge in [-0.2, -0.15) is 5.10 Å². The molecule has 132 valence electrons. The van der Waals surface area contributed by atoms with Gasteiger partial charge in [0, 0.05) is 10.2 Å². The molecule has 0 radical (unpaired) electrons. The molecule has 0 aliphatic carbocycles. The van der Waals surface area contributed by atoms with Gasteiger partial charge in [-0.1, -0.05) is 39.3 Å². The number of para-hydroxylation sites is 1. The number of benzene rings is 2. The molecule has 0 aliphatic rings. The van der Waals surface area contributed by atoms with Gasteiger partial charge in [-0.25, -0.2) is 4.68 Å². The van der Waals surface area contributed by atoms with Gasteiger partial charge >= 0.3 is 0 Å². The van der Waals surface area contributed by atoms with Crippen LogP contribution in [-0.2, 0) is 0 Å². The molecule has 6 nitrogen and oxygen atoms in total. The zero-order chi connectivity index (χ0) is 18.5. The summed E-state index contributed by atoms with van der Waals surface area (Å²) in [7, 11) is 0. The average Bonchev–Trinajstić information content (AvgIpc) is 3.03. The predicted molar refractivity (Wildman–Crippen MR) is 112 cm³/mol. The Hall–Kier alpha value is -2.58. The highest BCUT2D eigenvalue weighted by atomic mass is 79.9. The van der Waals surface area contributed by atoms with Crippen molar-refractivity contribution in [3.8, 4) is 5.69 Å². The Morgan fingerprint density at radius 2 is 1.81 bits per heavy atom. The first-order chi connectivity index (χ1) is 12.5. The molecule has 1 heterocycles. The quantitative estimate of drug-likeness (QED) is 0.372. The predicted octanol–water partition coefficient (Wildman–Crippen LogP) is 4.05. The van der Waals surface area contributed by atoms with Crippen molar-refractivity contribution in [1.82, 2.24) is 20.4 Å². The van der Waals surface area contributed by atoms with Crippen LogP contribution in [0.15, 0.2) is 64.2 Å². The molecule has 0 atom stereocenters. The van der Waals surface area contributed by atoms with E-state index in [1.54, 1.807) is 4.68 Å². The zero-order valence-corrected chi connectivity index (χ0v) is 16.7. The number of thiocarbonyl (C=S) groups is 1. The first-order valence-electron chi connectivity index (χ1n) is 7.89. The van der Waals surface area contributed by atoms with Crippen LogP contribution in [0.3, 0.4) is 0 Å². The molecule has 3 aromatic rings. The summed E-state index contributed by atoms with van der Waals surface area (Å²) >= 11 is 8.69. The molecule has 0 aliphatic heterocycles. The minimum Gasteiger partial charge on any atom is -0.331 e. The van der Waals surface area contributed by atoms with Crippen LogP contribution in [0, 0.1) is 6.92 Å². The lowest BCUT2D eigenvalue weighted by atomic mass is 10.2. The number of hydrogen-bond acceptors (Lipinski definition) is 4. The van der Waals surface area contributed by atoms with Crippen LogP contribution < -0.4 is 10.7 Å². The second kappa shape index (κ2) is 8.20. The Morgan fingerprint density at radius 3 is 2.50 bits per heavy atom. The number of hydrogen-bond donors (Lipinski definition) is 2. The zero-order valence-electron chi connectivity index (χ0n) is 14.3. The van der Waals surface area contributed by atoms with E-state index in [2.05, 4.69) is 42.1 Å². The van der Waals surface area contributed by atoms with Crippen LogP contribution in [0.5, 0.6) is 0 Å². The molecule has 0 saturated carbocycles. The number of halogens is 1.